The summed E-state index contributed by atoms with van der Waals surface area (Å²) in [5.74, 6) is -1.01. The van der Waals surface area contributed by atoms with Crippen molar-refractivity contribution in [3.05, 3.63) is 35.9 Å². The summed E-state index contributed by atoms with van der Waals surface area (Å²) in [7, 11) is 0. The van der Waals surface area contributed by atoms with Crippen LogP contribution in [-0.2, 0) is 20.8 Å². The molecule has 2 amide bonds. The van der Waals surface area contributed by atoms with Crippen molar-refractivity contribution in [2.75, 3.05) is 13.2 Å². The molecule has 1 aliphatic rings. The van der Waals surface area contributed by atoms with E-state index in [2.05, 4.69) is 4.89 Å². The standard InChI is InChI=1S/C14H17NO5/c1-10(8-20-18)13(16)15-12(9-19-14(15)17)7-11-5-3-2-4-6-11/h2-6,10,12,18H,7-9H2,1H3/t10?,12-/m1/s1. The van der Waals surface area contributed by atoms with E-state index in [1.807, 2.05) is 30.3 Å². The molecule has 1 aliphatic heterocycles. The number of imide groups is 1. The molecule has 6 heteroatoms. The van der Waals surface area contributed by atoms with Gasteiger partial charge in [0.25, 0.3) is 0 Å². The summed E-state index contributed by atoms with van der Waals surface area (Å²) in [5.41, 5.74) is 1.03. The van der Waals surface area contributed by atoms with E-state index in [4.69, 9.17) is 9.99 Å². The molecule has 20 heavy (non-hydrogen) atoms. The highest BCUT2D eigenvalue weighted by Crippen LogP contribution is 2.20. The maximum atomic E-state index is 12.2. The molecule has 1 fully saturated rings. The summed E-state index contributed by atoms with van der Waals surface area (Å²) < 4.78 is 4.96. The van der Waals surface area contributed by atoms with Crippen molar-refractivity contribution in [3.63, 3.8) is 0 Å². The number of carbonyl (C=O) groups excluding carboxylic acids is 2. The number of cyclic esters (lactones) is 1. The zero-order valence-corrected chi connectivity index (χ0v) is 11.2. The van der Waals surface area contributed by atoms with E-state index in [0.29, 0.717) is 6.42 Å². The predicted molar refractivity (Wildman–Crippen MR) is 69.9 cm³/mol. The summed E-state index contributed by atoms with van der Waals surface area (Å²) in [6, 6.07) is 9.27. The molecule has 108 valence electrons. The topological polar surface area (TPSA) is 76.1 Å². The van der Waals surface area contributed by atoms with Crippen molar-refractivity contribution >= 4 is 12.0 Å². The Morgan fingerprint density at radius 1 is 1.50 bits per heavy atom. The Kier molecular flexibility index (Phi) is 4.70. The fraction of sp³-hybridized carbons (Fsp3) is 0.429. The van der Waals surface area contributed by atoms with Crippen molar-refractivity contribution in [2.45, 2.75) is 19.4 Å². The summed E-state index contributed by atoms with van der Waals surface area (Å²) in [6.45, 7) is 1.62. The Labute approximate surface area is 116 Å². The molecule has 0 spiro atoms. The van der Waals surface area contributed by atoms with Crippen LogP contribution in [0, 0.1) is 5.92 Å². The highest BCUT2D eigenvalue weighted by Gasteiger charge is 2.39. The SMILES string of the molecule is CC(COO)C(=O)N1C(=O)OC[C@H]1Cc1ccccc1. The van der Waals surface area contributed by atoms with Crippen LogP contribution in [0.1, 0.15) is 12.5 Å². The molecule has 2 atom stereocenters. The largest absolute Gasteiger partial charge is 0.447 e. The van der Waals surface area contributed by atoms with Crippen molar-refractivity contribution in [1.29, 1.82) is 0 Å². The van der Waals surface area contributed by atoms with Gasteiger partial charge in [0.1, 0.15) is 6.61 Å². The number of ether oxygens (including phenoxy) is 1. The van der Waals surface area contributed by atoms with E-state index in [0.717, 1.165) is 10.5 Å². The highest BCUT2D eigenvalue weighted by molar-refractivity contribution is 5.94. The molecule has 0 aliphatic carbocycles. The molecule has 0 radical (unpaired) electrons. The minimum Gasteiger partial charge on any atom is -0.447 e. The Hall–Kier alpha value is -1.92. The molecule has 1 heterocycles. The van der Waals surface area contributed by atoms with Gasteiger partial charge < -0.3 is 4.74 Å². The van der Waals surface area contributed by atoms with Crippen molar-refractivity contribution < 1.29 is 24.5 Å². The number of nitrogens with zero attached hydrogens (tertiary/aromatic N) is 1. The summed E-state index contributed by atoms with van der Waals surface area (Å²) >= 11 is 0. The smallest absolute Gasteiger partial charge is 0.416 e. The molecule has 0 saturated carbocycles. The predicted octanol–water partition coefficient (Wildman–Crippen LogP) is 1.70. The van der Waals surface area contributed by atoms with Gasteiger partial charge in [-0.25, -0.2) is 14.6 Å². The molecule has 1 unspecified atom stereocenters. The summed E-state index contributed by atoms with van der Waals surface area (Å²) in [6.07, 6.45) is -0.0916. The lowest BCUT2D eigenvalue weighted by Crippen LogP contribution is -2.43. The van der Waals surface area contributed by atoms with Crippen LogP contribution >= 0.6 is 0 Å². The van der Waals surface area contributed by atoms with E-state index in [9.17, 15) is 9.59 Å². The van der Waals surface area contributed by atoms with E-state index in [1.165, 1.54) is 0 Å². The van der Waals surface area contributed by atoms with Gasteiger partial charge in [-0.05, 0) is 12.0 Å². The van der Waals surface area contributed by atoms with Crippen LogP contribution in [0.15, 0.2) is 30.3 Å². The Morgan fingerprint density at radius 2 is 2.20 bits per heavy atom. The van der Waals surface area contributed by atoms with Gasteiger partial charge >= 0.3 is 6.09 Å². The van der Waals surface area contributed by atoms with E-state index >= 15 is 0 Å². The molecule has 1 saturated heterocycles. The van der Waals surface area contributed by atoms with Gasteiger partial charge in [0.05, 0.1) is 18.6 Å². The normalized spacial score (nSPS) is 19.8. The maximum Gasteiger partial charge on any atom is 0.416 e. The minimum absolute atomic E-state index is 0.152. The third kappa shape index (κ3) is 3.15. The lowest BCUT2D eigenvalue weighted by molar-refractivity contribution is -0.249. The fourth-order valence-electron chi connectivity index (χ4n) is 2.19. The number of rotatable bonds is 5. The van der Waals surface area contributed by atoms with Crippen LogP contribution in [0.4, 0.5) is 4.79 Å². The summed E-state index contributed by atoms with van der Waals surface area (Å²) in [5, 5.41) is 8.41. The van der Waals surface area contributed by atoms with Gasteiger partial charge in [0, 0.05) is 0 Å². The fourth-order valence-corrected chi connectivity index (χ4v) is 2.19. The third-order valence-corrected chi connectivity index (χ3v) is 3.26. The number of benzene rings is 1. The monoisotopic (exact) mass is 279 g/mol. The minimum atomic E-state index is -0.638. The molecule has 1 aromatic carbocycles. The average molecular weight is 279 g/mol. The number of hydrogen-bond acceptors (Lipinski definition) is 5. The van der Waals surface area contributed by atoms with Crippen molar-refractivity contribution in [2.24, 2.45) is 5.92 Å². The number of carbonyl (C=O) groups is 2. The quantitative estimate of drug-likeness (QED) is 0.656. The van der Waals surface area contributed by atoms with E-state index in [1.54, 1.807) is 6.92 Å². The van der Waals surface area contributed by atoms with Crippen LogP contribution in [0.2, 0.25) is 0 Å². The maximum absolute atomic E-state index is 12.2. The second-order valence-electron chi connectivity index (χ2n) is 4.83. The van der Waals surface area contributed by atoms with Crippen LogP contribution < -0.4 is 0 Å². The van der Waals surface area contributed by atoms with Gasteiger partial charge in [-0.15, -0.1) is 0 Å². The third-order valence-electron chi connectivity index (χ3n) is 3.26. The molecule has 2 rings (SSSR count). The van der Waals surface area contributed by atoms with Crippen LogP contribution in [-0.4, -0.2) is 41.4 Å². The summed E-state index contributed by atoms with van der Waals surface area (Å²) in [4.78, 5) is 29.0. The lowest BCUT2D eigenvalue weighted by Gasteiger charge is -2.22. The van der Waals surface area contributed by atoms with Crippen molar-refractivity contribution in [3.8, 4) is 0 Å². The Morgan fingerprint density at radius 3 is 2.85 bits per heavy atom. The number of amides is 2. The first kappa shape index (κ1) is 14.5. The molecular formula is C14H17NO5. The first-order valence-corrected chi connectivity index (χ1v) is 6.43. The van der Waals surface area contributed by atoms with Gasteiger partial charge in [0.2, 0.25) is 5.91 Å². The van der Waals surface area contributed by atoms with E-state index in [-0.39, 0.29) is 19.3 Å². The van der Waals surface area contributed by atoms with Crippen LogP contribution in [0.5, 0.6) is 0 Å². The molecular weight excluding hydrogens is 262 g/mol. The van der Waals surface area contributed by atoms with Gasteiger partial charge in [0.15, 0.2) is 0 Å². The van der Waals surface area contributed by atoms with Gasteiger partial charge in [-0.3, -0.25) is 10.1 Å². The zero-order valence-electron chi connectivity index (χ0n) is 11.2. The number of hydrogen-bond donors (Lipinski definition) is 1. The first-order chi connectivity index (χ1) is 9.63. The lowest BCUT2D eigenvalue weighted by atomic mass is 10.0. The van der Waals surface area contributed by atoms with Crippen LogP contribution in [0.25, 0.3) is 0 Å². The molecule has 1 aromatic rings. The zero-order chi connectivity index (χ0) is 14.5. The molecule has 0 aromatic heterocycles. The van der Waals surface area contributed by atoms with E-state index < -0.39 is 17.9 Å². The van der Waals surface area contributed by atoms with Crippen LogP contribution in [0.3, 0.4) is 0 Å². The second-order valence-corrected chi connectivity index (χ2v) is 4.83. The average Bonchev–Trinajstić information content (AvgIpc) is 2.80. The van der Waals surface area contributed by atoms with Crippen molar-refractivity contribution in [1.82, 2.24) is 4.90 Å². The van der Waals surface area contributed by atoms with Gasteiger partial charge in [-0.2, -0.15) is 0 Å². The Balaban J connectivity index is 2.08. The molecule has 0 bridgehead atoms. The van der Waals surface area contributed by atoms with Gasteiger partial charge in [-0.1, -0.05) is 37.3 Å². The molecule has 1 N–H and O–H groups in total. The second kappa shape index (κ2) is 6.49. The first-order valence-electron chi connectivity index (χ1n) is 6.43. The highest BCUT2D eigenvalue weighted by atomic mass is 17.1. The molecule has 6 nitrogen and oxygen atoms in total. The Bertz CT molecular complexity index is 476.